The largest absolute Gasteiger partial charge is 0.493 e. The lowest BCUT2D eigenvalue weighted by Crippen LogP contribution is -2.55. The molecular formula is C28H38N2O7. The third-order valence-corrected chi connectivity index (χ3v) is 6.80. The maximum atomic E-state index is 13.3. The Bertz CT molecular complexity index is 1040. The highest BCUT2D eigenvalue weighted by Crippen LogP contribution is 2.51. The van der Waals surface area contributed by atoms with Crippen LogP contribution in [0.2, 0.25) is 0 Å². The van der Waals surface area contributed by atoms with Gasteiger partial charge < -0.3 is 29.9 Å². The Kier molecular flexibility index (Phi) is 10.3. The van der Waals surface area contributed by atoms with Crippen LogP contribution in [-0.2, 0) is 9.59 Å². The molecule has 0 saturated heterocycles. The Hall–Kier alpha value is -3.17. The lowest BCUT2D eigenvalue weighted by atomic mass is 9.77. The minimum Gasteiger partial charge on any atom is -0.493 e. The van der Waals surface area contributed by atoms with Crippen molar-refractivity contribution in [3.05, 3.63) is 47.1 Å². The highest BCUT2D eigenvalue weighted by atomic mass is 16.5. The Morgan fingerprint density at radius 1 is 1.22 bits per heavy atom. The van der Waals surface area contributed by atoms with Crippen LogP contribution in [0.4, 0.5) is 0 Å². The zero-order chi connectivity index (χ0) is 26.9. The van der Waals surface area contributed by atoms with E-state index in [1.807, 2.05) is 6.92 Å². The van der Waals surface area contributed by atoms with E-state index < -0.39 is 30.1 Å². The average molecular weight is 515 g/mol. The number of amides is 2. The maximum absolute atomic E-state index is 13.3. The predicted octanol–water partition coefficient (Wildman–Crippen LogP) is 2.51. The van der Waals surface area contributed by atoms with Crippen LogP contribution in [0.3, 0.4) is 0 Å². The number of ether oxygens (including phenoxy) is 2. The maximum Gasteiger partial charge on any atom is 0.247 e. The van der Waals surface area contributed by atoms with Gasteiger partial charge in [-0.05, 0) is 37.1 Å². The number of carbonyl (C=O) groups is 3. The van der Waals surface area contributed by atoms with Crippen LogP contribution in [-0.4, -0.2) is 78.3 Å². The van der Waals surface area contributed by atoms with Crippen LogP contribution in [0.25, 0.3) is 0 Å². The molecule has 1 aromatic rings. The molecule has 4 atom stereocenters. The average Bonchev–Trinajstić information content (AvgIpc) is 3.30. The topological polar surface area (TPSA) is 125 Å². The number of hydrogen-bond acceptors (Lipinski definition) is 7. The van der Waals surface area contributed by atoms with Crippen molar-refractivity contribution in [2.45, 2.75) is 70.1 Å². The molecule has 1 aliphatic heterocycles. The summed E-state index contributed by atoms with van der Waals surface area (Å²) in [4.78, 5) is 39.7. The number of allylic oxidation sites excluding steroid dienone is 1. The molecule has 9 heteroatoms. The van der Waals surface area contributed by atoms with E-state index >= 15 is 0 Å². The lowest BCUT2D eigenvalue weighted by molar-refractivity contribution is -0.132. The van der Waals surface area contributed by atoms with Crippen molar-refractivity contribution in [2.75, 3.05) is 26.8 Å². The van der Waals surface area contributed by atoms with Crippen molar-refractivity contribution < 1.29 is 34.1 Å². The number of carbonyl (C=O) groups excluding carboxylic acids is 3. The number of methoxy groups -OCH3 is 1. The number of aldehydes is 1. The van der Waals surface area contributed by atoms with Gasteiger partial charge in [-0.2, -0.15) is 0 Å². The molecule has 1 heterocycles. The van der Waals surface area contributed by atoms with E-state index in [2.05, 4.69) is 12.2 Å². The van der Waals surface area contributed by atoms with Gasteiger partial charge in [0.25, 0.3) is 0 Å². The number of nitrogens with one attached hydrogen (secondary N) is 1. The Balaban J connectivity index is 2.08. The van der Waals surface area contributed by atoms with Crippen molar-refractivity contribution in [3.63, 3.8) is 0 Å². The third kappa shape index (κ3) is 6.22. The van der Waals surface area contributed by atoms with Gasteiger partial charge in [0.2, 0.25) is 11.8 Å². The number of unbranched alkanes of at least 4 members (excludes halogenated alkanes) is 3. The number of fused-ring (bicyclic) bond motifs is 3. The fraction of sp³-hybridized carbons (Fsp3) is 0.536. The van der Waals surface area contributed by atoms with E-state index in [0.29, 0.717) is 47.5 Å². The molecule has 4 unspecified atom stereocenters. The van der Waals surface area contributed by atoms with Gasteiger partial charge in [0.15, 0.2) is 11.5 Å². The summed E-state index contributed by atoms with van der Waals surface area (Å²) in [5.74, 6) is -0.683. The van der Waals surface area contributed by atoms with E-state index in [9.17, 15) is 24.6 Å². The fourth-order valence-corrected chi connectivity index (χ4v) is 4.99. The zero-order valence-electron chi connectivity index (χ0n) is 21.8. The van der Waals surface area contributed by atoms with Gasteiger partial charge in [-0.3, -0.25) is 14.4 Å². The smallest absolute Gasteiger partial charge is 0.247 e. The molecule has 9 nitrogen and oxygen atoms in total. The zero-order valence-corrected chi connectivity index (χ0v) is 21.8. The first kappa shape index (κ1) is 28.4. The molecule has 3 N–H and O–H groups in total. The first-order chi connectivity index (χ1) is 17.9. The highest BCUT2D eigenvalue weighted by molar-refractivity contribution is 5.97. The number of nitrogens with zero attached hydrogens (tertiary/aromatic N) is 1. The summed E-state index contributed by atoms with van der Waals surface area (Å²) in [6.45, 7) is 4.27. The van der Waals surface area contributed by atoms with E-state index in [4.69, 9.17) is 9.47 Å². The van der Waals surface area contributed by atoms with Gasteiger partial charge in [0.1, 0.15) is 18.5 Å². The molecule has 202 valence electrons. The van der Waals surface area contributed by atoms with Crippen LogP contribution in [0.1, 0.15) is 67.8 Å². The van der Waals surface area contributed by atoms with Crippen molar-refractivity contribution in [1.82, 2.24) is 10.2 Å². The van der Waals surface area contributed by atoms with Crippen molar-refractivity contribution in [3.8, 4) is 11.5 Å². The molecule has 1 aliphatic carbocycles. The summed E-state index contributed by atoms with van der Waals surface area (Å²) in [5.41, 5.74) is 1.22. The molecule has 3 rings (SSSR count). The highest BCUT2D eigenvalue weighted by Gasteiger charge is 2.51. The molecule has 37 heavy (non-hydrogen) atoms. The minimum absolute atomic E-state index is 0.0467. The predicted molar refractivity (Wildman–Crippen MR) is 139 cm³/mol. The third-order valence-electron chi connectivity index (χ3n) is 6.80. The monoisotopic (exact) mass is 514 g/mol. The second kappa shape index (κ2) is 13.4. The van der Waals surface area contributed by atoms with Gasteiger partial charge in [-0.25, -0.2) is 0 Å². The van der Waals surface area contributed by atoms with Gasteiger partial charge in [-0.15, -0.1) is 0 Å². The Labute approximate surface area is 218 Å². The SMILES string of the molecule is CCC=CC(=O)N(CCCCCC)C1C=C(C(=O)NCCO)C2c3cc(C=O)cc(OC)c3OC2C1O. The van der Waals surface area contributed by atoms with Gasteiger partial charge >= 0.3 is 0 Å². The summed E-state index contributed by atoms with van der Waals surface area (Å²) in [6.07, 6.45) is 8.04. The molecule has 0 spiro atoms. The number of aliphatic hydroxyl groups excluding tert-OH is 2. The van der Waals surface area contributed by atoms with E-state index in [1.54, 1.807) is 29.2 Å². The van der Waals surface area contributed by atoms with Gasteiger partial charge in [-0.1, -0.05) is 39.2 Å². The molecule has 0 fully saturated rings. The summed E-state index contributed by atoms with van der Waals surface area (Å²) in [7, 11) is 1.45. The number of hydrogen-bond donors (Lipinski definition) is 3. The Morgan fingerprint density at radius 3 is 2.65 bits per heavy atom. The van der Waals surface area contributed by atoms with E-state index in [0.717, 1.165) is 25.7 Å². The summed E-state index contributed by atoms with van der Waals surface area (Å²) >= 11 is 0. The molecule has 0 radical (unpaired) electrons. The second-order valence-electron chi connectivity index (χ2n) is 9.31. The summed E-state index contributed by atoms with van der Waals surface area (Å²) in [5, 5.41) is 23.5. The molecule has 0 aromatic heterocycles. The molecule has 2 amide bonds. The lowest BCUT2D eigenvalue weighted by Gasteiger charge is -2.40. The van der Waals surface area contributed by atoms with Crippen LogP contribution >= 0.6 is 0 Å². The van der Waals surface area contributed by atoms with Crippen molar-refractivity contribution in [2.24, 2.45) is 0 Å². The fourth-order valence-electron chi connectivity index (χ4n) is 4.99. The number of aliphatic hydroxyl groups is 2. The van der Waals surface area contributed by atoms with Gasteiger partial charge in [0.05, 0.1) is 25.7 Å². The summed E-state index contributed by atoms with van der Waals surface area (Å²) in [6, 6.07) is 2.37. The minimum atomic E-state index is -1.14. The standard InChI is InChI=1S/C28H38N2O7/c1-4-6-8-9-12-30(23(33)10-7-5-2)21-16-20(28(35)29-11-13-31)24-19-14-18(17-32)15-22(36-3)26(19)37-27(24)25(21)34/h7,10,14-17,21,24-25,27,31,34H,4-6,8-9,11-13H2,1-3H3,(H,29,35). The molecular weight excluding hydrogens is 476 g/mol. The quantitative estimate of drug-likeness (QED) is 0.210. The van der Waals surface area contributed by atoms with E-state index in [-0.39, 0.29) is 19.1 Å². The van der Waals surface area contributed by atoms with Crippen LogP contribution < -0.4 is 14.8 Å². The van der Waals surface area contributed by atoms with Crippen molar-refractivity contribution >= 4 is 18.1 Å². The molecule has 0 saturated carbocycles. The Morgan fingerprint density at radius 2 is 2.00 bits per heavy atom. The molecule has 0 bridgehead atoms. The van der Waals surface area contributed by atoms with Gasteiger partial charge in [0, 0.05) is 29.8 Å². The van der Waals surface area contributed by atoms with Crippen molar-refractivity contribution in [1.29, 1.82) is 0 Å². The van der Waals surface area contributed by atoms with Crippen LogP contribution in [0, 0.1) is 0 Å². The second-order valence-corrected chi connectivity index (χ2v) is 9.31. The molecule has 1 aromatic carbocycles. The summed E-state index contributed by atoms with van der Waals surface area (Å²) < 4.78 is 11.6. The first-order valence-electron chi connectivity index (χ1n) is 13.0. The van der Waals surface area contributed by atoms with E-state index in [1.165, 1.54) is 13.2 Å². The normalized spacial score (nSPS) is 22.0. The van der Waals surface area contributed by atoms with Crippen LogP contribution in [0.5, 0.6) is 11.5 Å². The van der Waals surface area contributed by atoms with Crippen LogP contribution in [0.15, 0.2) is 35.9 Å². The first-order valence-corrected chi connectivity index (χ1v) is 13.0. The number of benzene rings is 1. The molecule has 2 aliphatic rings. The number of rotatable bonds is 13.